The second-order valence-corrected chi connectivity index (χ2v) is 6.40. The van der Waals surface area contributed by atoms with Crippen molar-refractivity contribution in [2.45, 2.75) is 11.7 Å². The molecule has 1 saturated heterocycles. The highest BCUT2D eigenvalue weighted by atomic mass is 79.9. The van der Waals surface area contributed by atoms with Gasteiger partial charge < -0.3 is 15.2 Å². The SMILES string of the molecule is COc1cc(Br)c(F)cc1C=NN=C1NC(=O)C(CC(=O)O)S1. The number of hydrogen-bond acceptors (Lipinski definition) is 6. The largest absolute Gasteiger partial charge is 0.496 e. The fourth-order valence-corrected chi connectivity index (χ4v) is 2.95. The Kier molecular flexibility index (Phi) is 5.72. The van der Waals surface area contributed by atoms with Gasteiger partial charge in [0.2, 0.25) is 5.91 Å². The van der Waals surface area contributed by atoms with Crippen LogP contribution in [-0.2, 0) is 9.59 Å². The van der Waals surface area contributed by atoms with E-state index in [-0.39, 0.29) is 16.1 Å². The number of carbonyl (C=O) groups is 2. The number of halogens is 2. The van der Waals surface area contributed by atoms with Gasteiger partial charge in [0, 0.05) is 5.56 Å². The molecule has 1 aliphatic rings. The van der Waals surface area contributed by atoms with Gasteiger partial charge in [0.05, 0.1) is 24.2 Å². The van der Waals surface area contributed by atoms with Crippen molar-refractivity contribution in [2.75, 3.05) is 7.11 Å². The Labute approximate surface area is 143 Å². The van der Waals surface area contributed by atoms with Gasteiger partial charge in [-0.05, 0) is 28.1 Å². The molecule has 2 rings (SSSR count). The number of methoxy groups -OCH3 is 1. The topological polar surface area (TPSA) is 100 Å². The summed E-state index contributed by atoms with van der Waals surface area (Å²) in [6.45, 7) is 0. The van der Waals surface area contributed by atoms with Crippen LogP contribution in [-0.4, -0.2) is 40.7 Å². The highest BCUT2D eigenvalue weighted by Crippen LogP contribution is 2.26. The van der Waals surface area contributed by atoms with E-state index in [1.165, 1.54) is 25.5 Å². The number of aliphatic carboxylic acids is 1. The maximum atomic E-state index is 13.5. The van der Waals surface area contributed by atoms with Crippen LogP contribution in [0.1, 0.15) is 12.0 Å². The number of carboxylic acids is 1. The number of carbonyl (C=O) groups excluding carboxylic acids is 1. The van der Waals surface area contributed by atoms with E-state index < -0.39 is 22.9 Å². The van der Waals surface area contributed by atoms with Crippen molar-refractivity contribution in [1.82, 2.24) is 5.32 Å². The number of thioether (sulfide) groups is 1. The highest BCUT2D eigenvalue weighted by Gasteiger charge is 2.32. The maximum absolute atomic E-state index is 13.5. The zero-order chi connectivity index (χ0) is 17.0. The standard InChI is InChI=1S/C13H11BrFN3O4S/c1-22-9-3-7(14)8(15)2-6(9)5-16-18-13-17-12(21)10(23-13)4-11(19)20/h2-3,5,10H,4H2,1H3,(H,19,20)(H,17,18,21). The smallest absolute Gasteiger partial charge is 0.305 e. The lowest BCUT2D eigenvalue weighted by atomic mass is 10.2. The van der Waals surface area contributed by atoms with Gasteiger partial charge in [-0.1, -0.05) is 11.8 Å². The van der Waals surface area contributed by atoms with Crippen molar-refractivity contribution in [1.29, 1.82) is 0 Å². The summed E-state index contributed by atoms with van der Waals surface area (Å²) in [5.74, 6) is -1.59. The van der Waals surface area contributed by atoms with Crippen molar-refractivity contribution in [3.05, 3.63) is 28.0 Å². The van der Waals surface area contributed by atoms with Crippen LogP contribution >= 0.6 is 27.7 Å². The van der Waals surface area contributed by atoms with Gasteiger partial charge in [-0.15, -0.1) is 5.10 Å². The third-order valence-electron chi connectivity index (χ3n) is 2.75. The van der Waals surface area contributed by atoms with E-state index in [9.17, 15) is 14.0 Å². The number of ether oxygens (including phenoxy) is 1. The Morgan fingerprint density at radius 2 is 2.35 bits per heavy atom. The van der Waals surface area contributed by atoms with E-state index in [0.717, 1.165) is 11.8 Å². The zero-order valence-corrected chi connectivity index (χ0v) is 14.1. The monoisotopic (exact) mass is 403 g/mol. The van der Waals surface area contributed by atoms with Gasteiger partial charge in [0.15, 0.2) is 5.17 Å². The molecule has 1 heterocycles. The first kappa shape index (κ1) is 17.4. The number of amides is 1. The lowest BCUT2D eigenvalue weighted by molar-refractivity contribution is -0.138. The van der Waals surface area contributed by atoms with Crippen LogP contribution in [0.25, 0.3) is 0 Å². The van der Waals surface area contributed by atoms with Crippen LogP contribution in [0.2, 0.25) is 0 Å². The van der Waals surface area contributed by atoms with E-state index in [2.05, 4.69) is 31.4 Å². The molecule has 1 fully saturated rings. The Hall–Kier alpha value is -1.94. The fraction of sp³-hybridized carbons (Fsp3) is 0.231. The summed E-state index contributed by atoms with van der Waals surface area (Å²) >= 11 is 4.03. The Balaban J connectivity index is 2.11. The number of carboxylic acid groups (broad SMARTS) is 1. The third kappa shape index (κ3) is 4.52. The summed E-state index contributed by atoms with van der Waals surface area (Å²) in [5, 5.41) is 18.1. The van der Waals surface area contributed by atoms with Crippen LogP contribution < -0.4 is 10.1 Å². The predicted molar refractivity (Wildman–Crippen MR) is 87.5 cm³/mol. The van der Waals surface area contributed by atoms with E-state index in [4.69, 9.17) is 9.84 Å². The predicted octanol–water partition coefficient (Wildman–Crippen LogP) is 1.99. The molecular formula is C13H11BrFN3O4S. The molecule has 1 atom stereocenters. The molecule has 10 heteroatoms. The number of nitrogens with one attached hydrogen (secondary N) is 1. The third-order valence-corrected chi connectivity index (χ3v) is 4.43. The minimum atomic E-state index is -1.07. The van der Waals surface area contributed by atoms with Gasteiger partial charge in [-0.25, -0.2) is 4.39 Å². The molecule has 7 nitrogen and oxygen atoms in total. The number of amidine groups is 1. The summed E-state index contributed by atoms with van der Waals surface area (Å²) in [6, 6.07) is 2.68. The van der Waals surface area contributed by atoms with Crippen molar-refractivity contribution in [3.8, 4) is 5.75 Å². The summed E-state index contributed by atoms with van der Waals surface area (Å²) in [7, 11) is 1.44. The first-order chi connectivity index (χ1) is 10.9. The van der Waals surface area contributed by atoms with E-state index in [0.29, 0.717) is 11.3 Å². The van der Waals surface area contributed by atoms with Gasteiger partial charge in [0.1, 0.15) is 16.8 Å². The number of benzene rings is 1. The molecule has 122 valence electrons. The number of nitrogens with zero attached hydrogens (tertiary/aromatic N) is 2. The summed E-state index contributed by atoms with van der Waals surface area (Å²) in [6.07, 6.45) is 0.976. The Morgan fingerprint density at radius 1 is 1.61 bits per heavy atom. The van der Waals surface area contributed by atoms with Gasteiger partial charge >= 0.3 is 5.97 Å². The number of rotatable bonds is 5. The maximum Gasteiger partial charge on any atom is 0.305 e. The Morgan fingerprint density at radius 3 is 3.00 bits per heavy atom. The first-order valence-corrected chi connectivity index (χ1v) is 7.91. The Bertz CT molecular complexity index is 711. The molecule has 0 aromatic heterocycles. The van der Waals surface area contributed by atoms with Gasteiger partial charge in [0.25, 0.3) is 0 Å². The molecular weight excluding hydrogens is 393 g/mol. The molecule has 1 aromatic carbocycles. The highest BCUT2D eigenvalue weighted by molar-refractivity contribution is 9.10. The van der Waals surface area contributed by atoms with E-state index >= 15 is 0 Å². The molecule has 1 amide bonds. The van der Waals surface area contributed by atoms with Crippen molar-refractivity contribution >= 4 is 51.0 Å². The molecule has 1 aromatic rings. The van der Waals surface area contributed by atoms with Crippen molar-refractivity contribution in [2.24, 2.45) is 10.2 Å². The average Bonchev–Trinajstić information content (AvgIpc) is 2.82. The molecule has 0 aliphatic carbocycles. The van der Waals surface area contributed by atoms with Crippen LogP contribution in [0.3, 0.4) is 0 Å². The minimum absolute atomic E-state index is 0.189. The molecule has 2 N–H and O–H groups in total. The van der Waals surface area contributed by atoms with Crippen LogP contribution in [0.4, 0.5) is 4.39 Å². The van der Waals surface area contributed by atoms with Crippen molar-refractivity contribution < 1.29 is 23.8 Å². The molecule has 0 bridgehead atoms. The molecule has 0 spiro atoms. The fourth-order valence-electron chi connectivity index (χ4n) is 1.71. The van der Waals surface area contributed by atoms with Crippen LogP contribution in [0, 0.1) is 5.82 Å². The first-order valence-electron chi connectivity index (χ1n) is 6.24. The lowest BCUT2D eigenvalue weighted by Crippen LogP contribution is -2.26. The van der Waals surface area contributed by atoms with Crippen molar-refractivity contribution in [3.63, 3.8) is 0 Å². The molecule has 1 aliphatic heterocycles. The molecule has 0 radical (unpaired) electrons. The summed E-state index contributed by atoms with van der Waals surface area (Å²) in [4.78, 5) is 22.2. The lowest BCUT2D eigenvalue weighted by Gasteiger charge is -2.05. The quantitative estimate of drug-likeness (QED) is 0.578. The van der Waals surface area contributed by atoms with E-state index in [1.807, 2.05) is 0 Å². The average molecular weight is 404 g/mol. The summed E-state index contributed by atoms with van der Waals surface area (Å²) < 4.78 is 18.9. The van der Waals surface area contributed by atoms with Crippen LogP contribution in [0.5, 0.6) is 5.75 Å². The second-order valence-electron chi connectivity index (χ2n) is 4.35. The second kappa shape index (κ2) is 7.55. The minimum Gasteiger partial charge on any atom is -0.496 e. The van der Waals surface area contributed by atoms with E-state index in [1.54, 1.807) is 0 Å². The van der Waals surface area contributed by atoms with Crippen LogP contribution in [0.15, 0.2) is 26.8 Å². The molecule has 1 unspecified atom stereocenters. The zero-order valence-electron chi connectivity index (χ0n) is 11.7. The van der Waals surface area contributed by atoms with Gasteiger partial charge in [-0.3, -0.25) is 9.59 Å². The number of hydrogen-bond donors (Lipinski definition) is 2. The summed E-state index contributed by atoms with van der Waals surface area (Å²) in [5.41, 5.74) is 0.369. The normalized spacial score (nSPS) is 19.3. The molecule has 23 heavy (non-hydrogen) atoms. The van der Waals surface area contributed by atoms with Gasteiger partial charge in [-0.2, -0.15) is 5.10 Å². The molecule has 0 saturated carbocycles.